The summed E-state index contributed by atoms with van der Waals surface area (Å²) in [7, 11) is 0. The molecule has 3 N–H and O–H groups in total. The van der Waals surface area contributed by atoms with Crippen LogP contribution < -0.4 is 5.73 Å². The van der Waals surface area contributed by atoms with E-state index < -0.39 is 5.83 Å². The summed E-state index contributed by atoms with van der Waals surface area (Å²) >= 11 is 6.39. The largest absolute Gasteiger partial charge is 0.392 e. The smallest absolute Gasteiger partial charge is 0.121 e. The fourth-order valence-corrected chi connectivity index (χ4v) is 2.99. The lowest BCUT2D eigenvalue weighted by molar-refractivity contribution is 0.282. The van der Waals surface area contributed by atoms with E-state index in [1.165, 1.54) is 10.8 Å². The lowest BCUT2D eigenvalue weighted by atomic mass is 9.99. The van der Waals surface area contributed by atoms with Gasteiger partial charge in [0.1, 0.15) is 11.3 Å². The van der Waals surface area contributed by atoms with Crippen LogP contribution in [-0.4, -0.2) is 26.6 Å². The molecule has 0 aliphatic rings. The van der Waals surface area contributed by atoms with E-state index in [1.54, 1.807) is 30.3 Å². The summed E-state index contributed by atoms with van der Waals surface area (Å²) in [5.74, 6) is -0.441. The third kappa shape index (κ3) is 4.10. The van der Waals surface area contributed by atoms with Gasteiger partial charge in [-0.05, 0) is 23.8 Å². The van der Waals surface area contributed by atoms with Crippen molar-refractivity contribution in [1.82, 2.24) is 15.0 Å². The molecule has 0 aliphatic heterocycles. The molecule has 3 rings (SSSR count). The number of fused-ring (bicyclic) bond motifs is 1. The average molecular weight is 408 g/mol. The zero-order chi connectivity index (χ0) is 18.7. The zero-order valence-corrected chi connectivity index (χ0v) is 15.6. The number of aromatic nitrogens is 3. The van der Waals surface area contributed by atoms with Crippen LogP contribution in [0.4, 0.5) is 4.39 Å². The maximum absolute atomic E-state index is 13.8. The van der Waals surface area contributed by atoms with Gasteiger partial charge in [-0.15, -0.1) is 17.5 Å². The Morgan fingerprint density at radius 1 is 1.37 bits per heavy atom. The van der Waals surface area contributed by atoms with Crippen molar-refractivity contribution in [1.29, 1.82) is 5.26 Å². The van der Waals surface area contributed by atoms with Crippen LogP contribution in [0.25, 0.3) is 22.2 Å². The molecular formula is C18H16Cl2FN5O. The van der Waals surface area contributed by atoms with E-state index in [4.69, 9.17) is 17.3 Å². The molecule has 0 fully saturated rings. The molecule has 0 saturated carbocycles. The molecule has 27 heavy (non-hydrogen) atoms. The SMILES string of the molecule is Cl.N#Cc1cc(-c2cccc(CO)c2Cl)c2nnn(C/C(F)=C/CN)c2c1. The first-order chi connectivity index (χ1) is 12.6. The summed E-state index contributed by atoms with van der Waals surface area (Å²) in [4.78, 5) is 0. The maximum Gasteiger partial charge on any atom is 0.121 e. The molecular weight excluding hydrogens is 392 g/mol. The molecule has 0 amide bonds. The van der Waals surface area contributed by atoms with E-state index in [0.29, 0.717) is 38.3 Å². The third-order valence-electron chi connectivity index (χ3n) is 3.93. The van der Waals surface area contributed by atoms with Crippen molar-refractivity contribution in [3.8, 4) is 17.2 Å². The van der Waals surface area contributed by atoms with Crippen LogP contribution in [0, 0.1) is 11.3 Å². The van der Waals surface area contributed by atoms with Gasteiger partial charge in [0.05, 0.1) is 35.3 Å². The lowest BCUT2D eigenvalue weighted by Gasteiger charge is -2.09. The minimum atomic E-state index is -0.441. The van der Waals surface area contributed by atoms with Gasteiger partial charge >= 0.3 is 0 Å². The summed E-state index contributed by atoms with van der Waals surface area (Å²) in [5, 5.41) is 27.3. The van der Waals surface area contributed by atoms with Crippen molar-refractivity contribution in [3.05, 3.63) is 58.4 Å². The zero-order valence-electron chi connectivity index (χ0n) is 14.1. The number of aliphatic hydroxyl groups is 1. The minimum Gasteiger partial charge on any atom is -0.392 e. The highest BCUT2D eigenvalue weighted by Gasteiger charge is 2.17. The predicted octanol–water partition coefficient (Wildman–Crippen LogP) is 3.35. The molecule has 9 heteroatoms. The second-order valence-corrected chi connectivity index (χ2v) is 5.95. The Morgan fingerprint density at radius 3 is 2.81 bits per heavy atom. The number of rotatable bonds is 5. The highest BCUT2D eigenvalue weighted by Crippen LogP contribution is 2.35. The van der Waals surface area contributed by atoms with Crippen molar-refractivity contribution >= 4 is 35.0 Å². The van der Waals surface area contributed by atoms with E-state index in [-0.39, 0.29) is 32.1 Å². The molecule has 3 aromatic rings. The number of allylic oxidation sites excluding steroid dienone is 1. The van der Waals surface area contributed by atoms with Crippen LogP contribution in [0.5, 0.6) is 0 Å². The van der Waals surface area contributed by atoms with Crippen LogP contribution in [-0.2, 0) is 13.2 Å². The molecule has 0 spiro atoms. The van der Waals surface area contributed by atoms with Gasteiger partial charge in [0.15, 0.2) is 0 Å². The third-order valence-corrected chi connectivity index (χ3v) is 4.38. The van der Waals surface area contributed by atoms with Crippen LogP contribution in [0.3, 0.4) is 0 Å². The normalized spacial score (nSPS) is 11.3. The molecule has 0 aliphatic carbocycles. The van der Waals surface area contributed by atoms with Gasteiger partial charge < -0.3 is 10.8 Å². The average Bonchev–Trinajstić information content (AvgIpc) is 3.04. The van der Waals surface area contributed by atoms with Crippen LogP contribution in [0.15, 0.2) is 42.2 Å². The molecule has 0 saturated heterocycles. The van der Waals surface area contributed by atoms with Crippen molar-refractivity contribution < 1.29 is 9.50 Å². The van der Waals surface area contributed by atoms with Gasteiger partial charge in [0, 0.05) is 17.7 Å². The van der Waals surface area contributed by atoms with Gasteiger partial charge in [-0.2, -0.15) is 5.26 Å². The van der Waals surface area contributed by atoms with Gasteiger partial charge in [-0.1, -0.05) is 35.0 Å². The van der Waals surface area contributed by atoms with E-state index in [1.807, 2.05) is 0 Å². The van der Waals surface area contributed by atoms with E-state index in [9.17, 15) is 14.8 Å². The molecule has 0 unspecified atom stereocenters. The number of aliphatic hydroxyl groups excluding tert-OH is 1. The number of hydrogen-bond donors (Lipinski definition) is 2. The lowest BCUT2D eigenvalue weighted by Crippen LogP contribution is -2.03. The fourth-order valence-electron chi connectivity index (χ4n) is 2.70. The highest BCUT2D eigenvalue weighted by atomic mass is 35.5. The minimum absolute atomic E-state index is 0. The summed E-state index contributed by atoms with van der Waals surface area (Å²) in [6, 6.07) is 10.6. The topological polar surface area (TPSA) is 101 Å². The molecule has 0 radical (unpaired) electrons. The number of halogens is 3. The molecule has 0 bridgehead atoms. The molecule has 2 aromatic carbocycles. The van der Waals surface area contributed by atoms with Gasteiger partial charge in [-0.25, -0.2) is 9.07 Å². The monoisotopic (exact) mass is 407 g/mol. The number of nitrogens with zero attached hydrogens (tertiary/aromatic N) is 4. The van der Waals surface area contributed by atoms with E-state index in [2.05, 4.69) is 16.4 Å². The summed E-state index contributed by atoms with van der Waals surface area (Å²) in [6.07, 6.45) is 1.25. The van der Waals surface area contributed by atoms with Crippen molar-refractivity contribution in [2.75, 3.05) is 6.54 Å². The van der Waals surface area contributed by atoms with E-state index in [0.717, 1.165) is 0 Å². The Labute approximate surface area is 166 Å². The Balaban J connectivity index is 0.00000261. The number of hydrogen-bond acceptors (Lipinski definition) is 5. The van der Waals surface area contributed by atoms with Crippen LogP contribution in [0.1, 0.15) is 11.1 Å². The Hall–Kier alpha value is -2.50. The van der Waals surface area contributed by atoms with Crippen LogP contribution in [0.2, 0.25) is 5.02 Å². The van der Waals surface area contributed by atoms with Crippen molar-refractivity contribution in [3.63, 3.8) is 0 Å². The fraction of sp³-hybridized carbons (Fsp3) is 0.167. The van der Waals surface area contributed by atoms with Gasteiger partial charge in [0.2, 0.25) is 0 Å². The van der Waals surface area contributed by atoms with E-state index >= 15 is 0 Å². The first kappa shape index (κ1) is 20.8. The van der Waals surface area contributed by atoms with Crippen LogP contribution >= 0.6 is 24.0 Å². The molecule has 1 heterocycles. The Morgan fingerprint density at radius 2 is 2.15 bits per heavy atom. The molecule has 140 valence electrons. The quantitative estimate of drug-likeness (QED) is 0.675. The number of nitrogens with two attached hydrogens (primary N) is 1. The second kappa shape index (κ2) is 8.93. The maximum atomic E-state index is 13.8. The second-order valence-electron chi connectivity index (χ2n) is 5.57. The van der Waals surface area contributed by atoms with Crippen molar-refractivity contribution in [2.24, 2.45) is 5.73 Å². The number of benzene rings is 2. The summed E-state index contributed by atoms with van der Waals surface area (Å²) in [6.45, 7) is -0.265. The molecule has 6 nitrogen and oxygen atoms in total. The molecule has 1 aromatic heterocycles. The standard InChI is InChI=1S/C18H15ClFN5O.ClH/c19-17-12(10-26)2-1-3-14(17)15-6-11(8-22)7-16-18(15)23-24-25(16)9-13(20)4-5-21;/h1-4,6-7,26H,5,9-10,21H2;1H/b13-4-;. The van der Waals surface area contributed by atoms with Gasteiger partial charge in [0.25, 0.3) is 0 Å². The summed E-state index contributed by atoms with van der Waals surface area (Å²) in [5.41, 5.74) is 8.45. The Bertz CT molecular complexity index is 1040. The Kier molecular flexibility index (Phi) is 6.88. The first-order valence-corrected chi connectivity index (χ1v) is 8.17. The summed E-state index contributed by atoms with van der Waals surface area (Å²) < 4.78 is 15.2. The van der Waals surface area contributed by atoms with Crippen molar-refractivity contribution in [2.45, 2.75) is 13.2 Å². The predicted molar refractivity (Wildman–Crippen MR) is 104 cm³/mol. The number of nitriles is 1. The molecule has 0 atom stereocenters. The highest BCUT2D eigenvalue weighted by molar-refractivity contribution is 6.34. The van der Waals surface area contributed by atoms with Gasteiger partial charge in [-0.3, -0.25) is 0 Å². The first-order valence-electron chi connectivity index (χ1n) is 7.79.